The van der Waals surface area contributed by atoms with Crippen LogP contribution in [0.25, 0.3) is 10.9 Å². The van der Waals surface area contributed by atoms with Crippen molar-refractivity contribution < 1.29 is 5.11 Å². The molecule has 0 fully saturated rings. The highest BCUT2D eigenvalue weighted by Gasteiger charge is 2.20. The topological polar surface area (TPSA) is 59.1 Å². The van der Waals surface area contributed by atoms with Gasteiger partial charge >= 0.3 is 0 Å². The van der Waals surface area contributed by atoms with Crippen molar-refractivity contribution in [3.63, 3.8) is 0 Å². The molecule has 0 saturated heterocycles. The first-order valence-corrected chi connectivity index (χ1v) is 6.37. The quantitative estimate of drug-likeness (QED) is 0.869. The summed E-state index contributed by atoms with van der Waals surface area (Å²) in [5.74, 6) is 0.470. The number of benzene rings is 1. The third-order valence-corrected chi connectivity index (χ3v) is 3.13. The van der Waals surface area contributed by atoms with Crippen LogP contribution in [0.15, 0.2) is 36.5 Å². The standard InChI is InChI=1S/C15H20N2O/c1-10(2)9-13(16)15(18)12-7-3-5-11-6-4-8-17-14(11)12/h3-8,10,13,15,18H,9,16H2,1-2H3. The van der Waals surface area contributed by atoms with Crippen molar-refractivity contribution >= 4 is 10.9 Å². The Kier molecular flexibility index (Phi) is 3.94. The second kappa shape index (κ2) is 5.46. The SMILES string of the molecule is CC(C)CC(N)C(O)c1cccc2cccnc12. The van der Waals surface area contributed by atoms with E-state index in [9.17, 15) is 5.11 Å². The Bertz CT molecular complexity index is 519. The molecule has 0 aliphatic heterocycles. The van der Waals surface area contributed by atoms with Gasteiger partial charge in [-0.15, -0.1) is 0 Å². The van der Waals surface area contributed by atoms with Crippen LogP contribution in [-0.2, 0) is 0 Å². The van der Waals surface area contributed by atoms with Crippen molar-refractivity contribution in [3.05, 3.63) is 42.1 Å². The molecule has 0 amide bonds. The van der Waals surface area contributed by atoms with Crippen LogP contribution in [0.2, 0.25) is 0 Å². The lowest BCUT2D eigenvalue weighted by molar-refractivity contribution is 0.137. The second-order valence-electron chi connectivity index (χ2n) is 5.16. The normalized spacial score (nSPS) is 14.9. The fraction of sp³-hybridized carbons (Fsp3) is 0.400. The lowest BCUT2D eigenvalue weighted by Gasteiger charge is -2.21. The summed E-state index contributed by atoms with van der Waals surface area (Å²) in [6.45, 7) is 4.21. The number of nitrogens with zero attached hydrogens (tertiary/aromatic N) is 1. The van der Waals surface area contributed by atoms with Gasteiger partial charge in [0, 0.05) is 23.2 Å². The van der Waals surface area contributed by atoms with Gasteiger partial charge in [0.1, 0.15) is 0 Å². The predicted octanol–water partition coefficient (Wildman–Crippen LogP) is 2.64. The van der Waals surface area contributed by atoms with E-state index in [4.69, 9.17) is 5.73 Å². The fourth-order valence-electron chi connectivity index (χ4n) is 2.27. The molecule has 2 unspecified atom stereocenters. The Morgan fingerprint density at radius 3 is 2.67 bits per heavy atom. The van der Waals surface area contributed by atoms with E-state index in [1.807, 2.05) is 30.3 Å². The number of aliphatic hydroxyl groups excluding tert-OH is 1. The number of fused-ring (bicyclic) bond motifs is 1. The maximum Gasteiger partial charge on any atom is 0.0961 e. The van der Waals surface area contributed by atoms with Gasteiger partial charge in [-0.2, -0.15) is 0 Å². The average Bonchev–Trinajstić information content (AvgIpc) is 2.36. The highest BCUT2D eigenvalue weighted by Crippen LogP contribution is 2.26. The van der Waals surface area contributed by atoms with E-state index < -0.39 is 6.10 Å². The van der Waals surface area contributed by atoms with Gasteiger partial charge in [-0.05, 0) is 18.4 Å². The van der Waals surface area contributed by atoms with Crippen molar-refractivity contribution in [1.29, 1.82) is 0 Å². The summed E-state index contributed by atoms with van der Waals surface area (Å²) in [4.78, 5) is 4.35. The van der Waals surface area contributed by atoms with Crippen LogP contribution >= 0.6 is 0 Å². The first kappa shape index (κ1) is 13.0. The highest BCUT2D eigenvalue weighted by molar-refractivity contribution is 5.81. The van der Waals surface area contributed by atoms with E-state index in [0.717, 1.165) is 22.9 Å². The van der Waals surface area contributed by atoms with Crippen LogP contribution in [-0.4, -0.2) is 16.1 Å². The minimum absolute atomic E-state index is 0.252. The van der Waals surface area contributed by atoms with Crippen LogP contribution in [0, 0.1) is 5.92 Å². The number of aromatic nitrogens is 1. The fourth-order valence-corrected chi connectivity index (χ4v) is 2.27. The van der Waals surface area contributed by atoms with Gasteiger partial charge in [0.2, 0.25) is 0 Å². The minimum Gasteiger partial charge on any atom is -0.387 e. The highest BCUT2D eigenvalue weighted by atomic mass is 16.3. The minimum atomic E-state index is -0.661. The molecular weight excluding hydrogens is 224 g/mol. The molecule has 0 bridgehead atoms. The Balaban J connectivity index is 2.35. The number of hydrogen-bond acceptors (Lipinski definition) is 3. The zero-order chi connectivity index (χ0) is 13.1. The Morgan fingerprint density at radius 2 is 1.94 bits per heavy atom. The third-order valence-electron chi connectivity index (χ3n) is 3.13. The Hall–Kier alpha value is -1.45. The molecule has 0 saturated carbocycles. The van der Waals surface area contributed by atoms with E-state index in [-0.39, 0.29) is 6.04 Å². The zero-order valence-corrected chi connectivity index (χ0v) is 10.9. The zero-order valence-electron chi connectivity index (χ0n) is 10.9. The number of aliphatic hydroxyl groups is 1. The van der Waals surface area contributed by atoms with Crippen LogP contribution < -0.4 is 5.73 Å². The van der Waals surface area contributed by atoms with Gasteiger partial charge in [0.15, 0.2) is 0 Å². The molecule has 3 N–H and O–H groups in total. The molecule has 2 rings (SSSR count). The van der Waals surface area contributed by atoms with E-state index in [1.54, 1.807) is 6.20 Å². The second-order valence-corrected chi connectivity index (χ2v) is 5.16. The molecule has 0 aliphatic carbocycles. The molecule has 2 aromatic rings. The molecule has 1 heterocycles. The Morgan fingerprint density at radius 1 is 1.22 bits per heavy atom. The third kappa shape index (κ3) is 2.68. The maximum atomic E-state index is 10.4. The maximum absolute atomic E-state index is 10.4. The van der Waals surface area contributed by atoms with Gasteiger partial charge in [-0.25, -0.2) is 0 Å². The van der Waals surface area contributed by atoms with Gasteiger partial charge in [0.05, 0.1) is 11.6 Å². The first-order valence-electron chi connectivity index (χ1n) is 6.37. The molecule has 18 heavy (non-hydrogen) atoms. The summed E-state index contributed by atoms with van der Waals surface area (Å²) in [7, 11) is 0. The molecule has 1 aromatic heterocycles. The van der Waals surface area contributed by atoms with Gasteiger partial charge < -0.3 is 10.8 Å². The molecule has 0 radical (unpaired) electrons. The van der Waals surface area contributed by atoms with E-state index in [0.29, 0.717) is 5.92 Å². The smallest absolute Gasteiger partial charge is 0.0961 e. The van der Waals surface area contributed by atoms with Crippen molar-refractivity contribution in [3.8, 4) is 0 Å². The number of pyridine rings is 1. The van der Waals surface area contributed by atoms with Crippen molar-refractivity contribution in [2.45, 2.75) is 32.4 Å². The molecule has 3 nitrogen and oxygen atoms in total. The lowest BCUT2D eigenvalue weighted by Crippen LogP contribution is -2.30. The summed E-state index contributed by atoms with van der Waals surface area (Å²) in [5, 5.41) is 11.4. The Labute approximate surface area is 108 Å². The van der Waals surface area contributed by atoms with Crippen molar-refractivity contribution in [2.75, 3.05) is 0 Å². The number of para-hydroxylation sites is 1. The van der Waals surface area contributed by atoms with Crippen molar-refractivity contribution in [1.82, 2.24) is 4.98 Å². The molecular formula is C15H20N2O. The molecule has 2 atom stereocenters. The van der Waals surface area contributed by atoms with E-state index in [2.05, 4.69) is 18.8 Å². The monoisotopic (exact) mass is 244 g/mol. The van der Waals surface area contributed by atoms with Gasteiger partial charge in [-0.1, -0.05) is 38.1 Å². The van der Waals surface area contributed by atoms with Crippen LogP contribution in [0.5, 0.6) is 0 Å². The first-order chi connectivity index (χ1) is 8.59. The molecule has 0 aliphatic rings. The van der Waals surface area contributed by atoms with Crippen molar-refractivity contribution in [2.24, 2.45) is 11.7 Å². The average molecular weight is 244 g/mol. The predicted molar refractivity (Wildman–Crippen MR) is 74.1 cm³/mol. The van der Waals surface area contributed by atoms with Crippen LogP contribution in [0.3, 0.4) is 0 Å². The summed E-state index contributed by atoms with van der Waals surface area (Å²) in [5.41, 5.74) is 7.72. The summed E-state index contributed by atoms with van der Waals surface area (Å²) < 4.78 is 0. The van der Waals surface area contributed by atoms with Gasteiger partial charge in [0.25, 0.3) is 0 Å². The lowest BCUT2D eigenvalue weighted by atomic mass is 9.94. The van der Waals surface area contributed by atoms with E-state index in [1.165, 1.54) is 0 Å². The summed E-state index contributed by atoms with van der Waals surface area (Å²) >= 11 is 0. The molecule has 0 spiro atoms. The molecule has 1 aromatic carbocycles. The molecule has 96 valence electrons. The number of rotatable bonds is 4. The largest absolute Gasteiger partial charge is 0.387 e. The van der Waals surface area contributed by atoms with Crippen LogP contribution in [0.1, 0.15) is 31.9 Å². The summed E-state index contributed by atoms with van der Waals surface area (Å²) in [6.07, 6.45) is 1.88. The van der Waals surface area contributed by atoms with Crippen LogP contribution in [0.4, 0.5) is 0 Å². The van der Waals surface area contributed by atoms with Gasteiger partial charge in [-0.3, -0.25) is 4.98 Å². The number of hydrogen-bond donors (Lipinski definition) is 2. The number of nitrogens with two attached hydrogens (primary N) is 1. The molecule has 3 heteroatoms. The summed E-state index contributed by atoms with van der Waals surface area (Å²) in [6, 6.07) is 9.47. The van der Waals surface area contributed by atoms with E-state index >= 15 is 0 Å².